The van der Waals surface area contributed by atoms with Crippen LogP contribution in [0.4, 0.5) is 0 Å². The summed E-state index contributed by atoms with van der Waals surface area (Å²) in [5.41, 5.74) is 1.77. The van der Waals surface area contributed by atoms with Gasteiger partial charge in [0.05, 0.1) is 6.04 Å². The monoisotopic (exact) mass is 270 g/mol. The summed E-state index contributed by atoms with van der Waals surface area (Å²) in [6.07, 6.45) is 0. The van der Waals surface area contributed by atoms with Gasteiger partial charge in [0.2, 0.25) is 0 Å². The van der Waals surface area contributed by atoms with Crippen LogP contribution in [0.3, 0.4) is 0 Å². The number of pyridine rings is 1. The highest BCUT2D eigenvalue weighted by Crippen LogP contribution is 2.17. The number of carbonyl (C=O) groups excluding carboxylic acids is 1. The van der Waals surface area contributed by atoms with Crippen molar-refractivity contribution in [2.45, 2.75) is 19.9 Å². The van der Waals surface area contributed by atoms with Gasteiger partial charge in [0.1, 0.15) is 5.56 Å². The number of amides is 1. The van der Waals surface area contributed by atoms with Gasteiger partial charge in [-0.2, -0.15) is 0 Å². The molecule has 4 heteroatoms. The van der Waals surface area contributed by atoms with Crippen LogP contribution in [0, 0.1) is 6.92 Å². The Kier molecular flexibility index (Phi) is 4.03. The van der Waals surface area contributed by atoms with Gasteiger partial charge in [-0.15, -0.1) is 0 Å². The van der Waals surface area contributed by atoms with Gasteiger partial charge in [-0.1, -0.05) is 30.3 Å². The molecule has 20 heavy (non-hydrogen) atoms. The summed E-state index contributed by atoms with van der Waals surface area (Å²) in [6, 6.07) is 13.0. The SMILES string of the molecule is CNC(=O)c1ccc(C)n([C@H](C)c2ccccc2)c1=O. The molecule has 0 radical (unpaired) electrons. The number of aromatic nitrogens is 1. The molecule has 1 aromatic carbocycles. The van der Waals surface area contributed by atoms with Crippen molar-refractivity contribution in [3.8, 4) is 0 Å². The largest absolute Gasteiger partial charge is 0.355 e. The predicted octanol–water partition coefficient (Wildman–Crippen LogP) is 2.13. The van der Waals surface area contributed by atoms with E-state index in [1.54, 1.807) is 16.7 Å². The summed E-state index contributed by atoms with van der Waals surface area (Å²) in [5.74, 6) is -0.357. The van der Waals surface area contributed by atoms with Crippen LogP contribution in [0.1, 0.15) is 34.6 Å². The fraction of sp³-hybridized carbons (Fsp3) is 0.250. The average molecular weight is 270 g/mol. The van der Waals surface area contributed by atoms with Gasteiger partial charge in [0.15, 0.2) is 0 Å². The number of benzene rings is 1. The van der Waals surface area contributed by atoms with Crippen LogP contribution in [0.5, 0.6) is 0 Å². The predicted molar refractivity (Wildman–Crippen MR) is 79.1 cm³/mol. The minimum atomic E-state index is -0.357. The fourth-order valence-corrected chi connectivity index (χ4v) is 2.31. The van der Waals surface area contributed by atoms with Crippen molar-refractivity contribution >= 4 is 5.91 Å². The van der Waals surface area contributed by atoms with E-state index in [-0.39, 0.29) is 23.1 Å². The molecule has 1 aromatic heterocycles. The molecule has 1 heterocycles. The third-order valence-corrected chi connectivity index (χ3v) is 3.46. The van der Waals surface area contributed by atoms with E-state index in [1.165, 1.54) is 7.05 Å². The van der Waals surface area contributed by atoms with Gasteiger partial charge >= 0.3 is 0 Å². The molecule has 0 aliphatic carbocycles. The van der Waals surface area contributed by atoms with Crippen molar-refractivity contribution in [2.75, 3.05) is 7.05 Å². The van der Waals surface area contributed by atoms with Crippen molar-refractivity contribution in [2.24, 2.45) is 0 Å². The van der Waals surface area contributed by atoms with E-state index in [4.69, 9.17) is 0 Å². The molecule has 2 aromatic rings. The maximum atomic E-state index is 12.5. The standard InChI is InChI=1S/C16H18N2O2/c1-11-9-10-14(15(19)17-3)16(20)18(11)12(2)13-7-5-4-6-8-13/h4-10,12H,1-3H3,(H,17,19)/t12-/m1/s1. The number of nitrogens with one attached hydrogen (secondary N) is 1. The normalized spacial score (nSPS) is 11.9. The topological polar surface area (TPSA) is 51.1 Å². The molecule has 104 valence electrons. The molecular weight excluding hydrogens is 252 g/mol. The lowest BCUT2D eigenvalue weighted by Gasteiger charge is -2.19. The second-order valence-electron chi connectivity index (χ2n) is 4.73. The van der Waals surface area contributed by atoms with E-state index in [1.807, 2.05) is 44.2 Å². The van der Waals surface area contributed by atoms with Crippen LogP contribution < -0.4 is 10.9 Å². The first-order valence-electron chi connectivity index (χ1n) is 6.55. The zero-order valence-electron chi connectivity index (χ0n) is 11.9. The highest BCUT2D eigenvalue weighted by atomic mass is 16.2. The molecule has 1 amide bonds. The first kappa shape index (κ1) is 14.1. The Bertz CT molecular complexity index is 675. The third kappa shape index (κ3) is 2.50. The summed E-state index contributed by atoms with van der Waals surface area (Å²) in [7, 11) is 1.52. The Morgan fingerprint density at radius 1 is 1.15 bits per heavy atom. The van der Waals surface area contributed by atoms with Gasteiger partial charge in [-0.05, 0) is 31.5 Å². The number of carbonyl (C=O) groups is 1. The highest BCUT2D eigenvalue weighted by Gasteiger charge is 2.17. The van der Waals surface area contributed by atoms with Gasteiger partial charge in [0.25, 0.3) is 11.5 Å². The maximum absolute atomic E-state index is 12.5. The summed E-state index contributed by atoms with van der Waals surface area (Å²) in [4.78, 5) is 24.2. The van der Waals surface area contributed by atoms with Crippen LogP contribution in [-0.2, 0) is 0 Å². The van der Waals surface area contributed by atoms with Crippen molar-refractivity contribution < 1.29 is 4.79 Å². The lowest BCUT2D eigenvalue weighted by atomic mass is 10.1. The van der Waals surface area contributed by atoms with Gasteiger partial charge in [-0.25, -0.2) is 0 Å². The van der Waals surface area contributed by atoms with E-state index in [0.717, 1.165) is 11.3 Å². The van der Waals surface area contributed by atoms with Gasteiger partial charge < -0.3 is 9.88 Å². The van der Waals surface area contributed by atoms with E-state index in [2.05, 4.69) is 5.32 Å². The average Bonchev–Trinajstić information content (AvgIpc) is 2.47. The fourth-order valence-electron chi connectivity index (χ4n) is 2.31. The Balaban J connectivity index is 2.57. The molecule has 1 N–H and O–H groups in total. The summed E-state index contributed by atoms with van der Waals surface area (Å²) in [5, 5.41) is 2.50. The number of nitrogens with zero attached hydrogens (tertiary/aromatic N) is 1. The van der Waals surface area contributed by atoms with Crippen molar-refractivity contribution in [3.05, 3.63) is 69.6 Å². The van der Waals surface area contributed by atoms with Crippen molar-refractivity contribution in [1.29, 1.82) is 0 Å². The minimum Gasteiger partial charge on any atom is -0.355 e. The molecule has 0 unspecified atom stereocenters. The minimum absolute atomic E-state index is 0.117. The first-order chi connectivity index (χ1) is 9.56. The van der Waals surface area contributed by atoms with Crippen LogP contribution in [-0.4, -0.2) is 17.5 Å². The number of hydrogen-bond acceptors (Lipinski definition) is 2. The van der Waals surface area contributed by atoms with Crippen molar-refractivity contribution in [1.82, 2.24) is 9.88 Å². The second-order valence-corrected chi connectivity index (χ2v) is 4.73. The molecule has 0 aliphatic heterocycles. The van der Waals surface area contributed by atoms with E-state index < -0.39 is 0 Å². The zero-order valence-corrected chi connectivity index (χ0v) is 11.9. The highest BCUT2D eigenvalue weighted by molar-refractivity contribution is 5.93. The molecule has 0 saturated carbocycles. The number of rotatable bonds is 3. The Hall–Kier alpha value is -2.36. The van der Waals surface area contributed by atoms with Gasteiger partial charge in [-0.3, -0.25) is 9.59 Å². The lowest BCUT2D eigenvalue weighted by molar-refractivity contribution is 0.0961. The van der Waals surface area contributed by atoms with Crippen LogP contribution >= 0.6 is 0 Å². The quantitative estimate of drug-likeness (QED) is 0.929. The van der Waals surface area contributed by atoms with Crippen molar-refractivity contribution in [3.63, 3.8) is 0 Å². The molecule has 4 nitrogen and oxygen atoms in total. The Morgan fingerprint density at radius 3 is 2.40 bits per heavy atom. The Labute approximate surface area is 118 Å². The Morgan fingerprint density at radius 2 is 1.80 bits per heavy atom. The smallest absolute Gasteiger partial charge is 0.264 e. The molecule has 2 rings (SSSR count). The summed E-state index contributed by atoms with van der Waals surface area (Å²) < 4.78 is 1.65. The zero-order chi connectivity index (χ0) is 14.7. The molecule has 1 atom stereocenters. The maximum Gasteiger partial charge on any atom is 0.264 e. The summed E-state index contributed by atoms with van der Waals surface area (Å²) >= 11 is 0. The van der Waals surface area contributed by atoms with E-state index in [0.29, 0.717) is 0 Å². The number of aryl methyl sites for hydroxylation is 1. The van der Waals surface area contributed by atoms with Crippen LogP contribution in [0.15, 0.2) is 47.3 Å². The second kappa shape index (κ2) is 5.74. The lowest BCUT2D eigenvalue weighted by Crippen LogP contribution is -2.33. The molecule has 0 saturated heterocycles. The molecule has 0 aliphatic rings. The van der Waals surface area contributed by atoms with Crippen LogP contribution in [0.2, 0.25) is 0 Å². The van der Waals surface area contributed by atoms with Gasteiger partial charge in [0, 0.05) is 12.7 Å². The first-order valence-corrected chi connectivity index (χ1v) is 6.55. The molecule has 0 spiro atoms. The summed E-state index contributed by atoms with van der Waals surface area (Å²) in [6.45, 7) is 3.83. The third-order valence-electron chi connectivity index (χ3n) is 3.46. The molecular formula is C16H18N2O2. The molecule has 0 bridgehead atoms. The van der Waals surface area contributed by atoms with Crippen LogP contribution in [0.25, 0.3) is 0 Å². The van der Waals surface area contributed by atoms with E-state index >= 15 is 0 Å². The van der Waals surface area contributed by atoms with E-state index in [9.17, 15) is 9.59 Å². The molecule has 0 fully saturated rings. The number of hydrogen-bond donors (Lipinski definition) is 1.